The summed E-state index contributed by atoms with van der Waals surface area (Å²) in [5.41, 5.74) is 9.00. The van der Waals surface area contributed by atoms with Gasteiger partial charge in [0.1, 0.15) is 0 Å². The smallest absolute Gasteiger partial charge is 0.0429 e. The van der Waals surface area contributed by atoms with Gasteiger partial charge in [0, 0.05) is 19.3 Å². The van der Waals surface area contributed by atoms with Crippen molar-refractivity contribution in [3.8, 4) is 0 Å². The first kappa shape index (κ1) is 15.4. The van der Waals surface area contributed by atoms with Crippen molar-refractivity contribution in [2.75, 3.05) is 11.9 Å². The lowest BCUT2D eigenvalue weighted by molar-refractivity contribution is 0.910. The molecule has 0 saturated carbocycles. The first-order valence-electron chi connectivity index (χ1n) is 7.42. The molecule has 0 bridgehead atoms. The molecule has 0 N–H and O–H groups in total. The number of benzene rings is 2. The number of hydrogen-bond acceptors (Lipinski definition) is 1. The maximum Gasteiger partial charge on any atom is 0.0429 e. The summed E-state index contributed by atoms with van der Waals surface area (Å²) in [6.07, 6.45) is 0. The van der Waals surface area contributed by atoms with E-state index in [1.807, 2.05) is 0 Å². The van der Waals surface area contributed by atoms with E-state index in [4.69, 9.17) is 0 Å². The summed E-state index contributed by atoms with van der Waals surface area (Å²) in [4.78, 5) is 2.30. The minimum absolute atomic E-state index is 0.914. The van der Waals surface area contributed by atoms with E-state index in [1.165, 1.54) is 33.5 Å². The molecule has 2 rings (SSSR count). The van der Waals surface area contributed by atoms with Gasteiger partial charge in [-0.2, -0.15) is 0 Å². The third-order valence-corrected chi connectivity index (χ3v) is 4.12. The van der Waals surface area contributed by atoms with Crippen molar-refractivity contribution in [2.24, 2.45) is 0 Å². The lowest BCUT2D eigenvalue weighted by atomic mass is 9.96. The van der Waals surface area contributed by atoms with Gasteiger partial charge in [-0.05, 0) is 73.7 Å². The van der Waals surface area contributed by atoms with E-state index in [9.17, 15) is 0 Å². The maximum absolute atomic E-state index is 4.07. The van der Waals surface area contributed by atoms with Gasteiger partial charge in [-0.3, -0.25) is 0 Å². The van der Waals surface area contributed by atoms with E-state index in [2.05, 4.69) is 82.6 Å². The molecule has 0 aliphatic carbocycles. The Morgan fingerprint density at radius 1 is 1.10 bits per heavy atom. The van der Waals surface area contributed by atoms with Crippen LogP contribution in [0.2, 0.25) is 0 Å². The highest BCUT2D eigenvalue weighted by molar-refractivity contribution is 5.64. The van der Waals surface area contributed by atoms with Gasteiger partial charge in [-0.15, -0.1) is 0 Å². The molecule has 0 atom stereocenters. The molecular weight excluding hydrogens is 254 g/mol. The molecule has 1 nitrogen and oxygen atoms in total. The zero-order chi connectivity index (χ0) is 15.6. The van der Waals surface area contributed by atoms with Gasteiger partial charge >= 0.3 is 0 Å². The summed E-state index contributed by atoms with van der Waals surface area (Å²) in [5.74, 6) is 0. The molecule has 21 heavy (non-hydrogen) atoms. The number of hydrogen-bond donors (Lipinski definition) is 0. The SMILES string of the molecule is C=C(C)c1cc(C)c(C)c(CN(C)c2cccc(C)c2)c1. The van der Waals surface area contributed by atoms with Gasteiger partial charge in [-0.1, -0.05) is 30.4 Å². The zero-order valence-corrected chi connectivity index (χ0v) is 13.8. The third-order valence-electron chi connectivity index (χ3n) is 4.12. The predicted octanol–water partition coefficient (Wildman–Crippen LogP) is 5.28. The fourth-order valence-corrected chi connectivity index (χ4v) is 2.56. The van der Waals surface area contributed by atoms with Gasteiger partial charge in [0.05, 0.1) is 0 Å². The van der Waals surface area contributed by atoms with Crippen molar-refractivity contribution in [3.63, 3.8) is 0 Å². The molecule has 0 aromatic heterocycles. The molecule has 2 aromatic carbocycles. The third kappa shape index (κ3) is 3.55. The summed E-state index contributed by atoms with van der Waals surface area (Å²) < 4.78 is 0. The van der Waals surface area contributed by atoms with E-state index in [-0.39, 0.29) is 0 Å². The van der Waals surface area contributed by atoms with Crippen LogP contribution in [0.25, 0.3) is 5.57 Å². The van der Waals surface area contributed by atoms with E-state index in [0.29, 0.717) is 0 Å². The number of nitrogens with zero attached hydrogens (tertiary/aromatic N) is 1. The Kier molecular flexibility index (Phi) is 4.52. The van der Waals surface area contributed by atoms with E-state index in [1.54, 1.807) is 0 Å². The molecule has 0 fully saturated rings. The van der Waals surface area contributed by atoms with Gasteiger partial charge < -0.3 is 4.90 Å². The van der Waals surface area contributed by atoms with E-state index >= 15 is 0 Å². The molecule has 0 unspecified atom stereocenters. The summed E-state index contributed by atoms with van der Waals surface area (Å²) >= 11 is 0. The Labute approximate surface area is 128 Å². The molecule has 1 heteroatoms. The maximum atomic E-state index is 4.07. The van der Waals surface area contributed by atoms with Crippen molar-refractivity contribution in [1.82, 2.24) is 0 Å². The van der Waals surface area contributed by atoms with E-state index in [0.717, 1.165) is 12.1 Å². The molecule has 0 spiro atoms. The van der Waals surface area contributed by atoms with Gasteiger partial charge in [0.2, 0.25) is 0 Å². The van der Waals surface area contributed by atoms with Crippen molar-refractivity contribution in [3.05, 3.63) is 70.8 Å². The molecule has 0 radical (unpaired) electrons. The minimum atomic E-state index is 0.914. The largest absolute Gasteiger partial charge is 0.370 e. The quantitative estimate of drug-likeness (QED) is 0.736. The predicted molar refractivity (Wildman–Crippen MR) is 93.9 cm³/mol. The summed E-state index contributed by atoms with van der Waals surface area (Å²) in [6, 6.07) is 13.1. The highest BCUT2D eigenvalue weighted by Crippen LogP contribution is 2.24. The van der Waals surface area contributed by atoms with Crippen molar-refractivity contribution in [1.29, 1.82) is 0 Å². The summed E-state index contributed by atoms with van der Waals surface area (Å²) in [5, 5.41) is 0. The van der Waals surface area contributed by atoms with Gasteiger partial charge in [0.15, 0.2) is 0 Å². The number of anilines is 1. The highest BCUT2D eigenvalue weighted by Gasteiger charge is 2.08. The average molecular weight is 279 g/mol. The van der Waals surface area contributed by atoms with Crippen LogP contribution < -0.4 is 4.90 Å². The highest BCUT2D eigenvalue weighted by atomic mass is 15.1. The zero-order valence-electron chi connectivity index (χ0n) is 13.8. The van der Waals surface area contributed by atoms with Crippen molar-refractivity contribution < 1.29 is 0 Å². The Bertz CT molecular complexity index is 668. The van der Waals surface area contributed by atoms with Crippen LogP contribution in [-0.4, -0.2) is 7.05 Å². The van der Waals surface area contributed by atoms with Crippen LogP contribution >= 0.6 is 0 Å². The molecule has 110 valence electrons. The first-order valence-corrected chi connectivity index (χ1v) is 7.42. The van der Waals surface area contributed by atoms with Crippen LogP contribution in [-0.2, 0) is 6.54 Å². The Balaban J connectivity index is 2.32. The first-order chi connectivity index (χ1) is 9.88. The average Bonchev–Trinajstić information content (AvgIpc) is 2.43. The van der Waals surface area contributed by atoms with Gasteiger partial charge in [0.25, 0.3) is 0 Å². The lowest BCUT2D eigenvalue weighted by Gasteiger charge is -2.22. The van der Waals surface area contributed by atoms with Crippen LogP contribution in [0.3, 0.4) is 0 Å². The topological polar surface area (TPSA) is 3.24 Å². The van der Waals surface area contributed by atoms with Gasteiger partial charge in [-0.25, -0.2) is 0 Å². The molecule has 2 aromatic rings. The molecule has 0 aliphatic heterocycles. The normalized spacial score (nSPS) is 10.5. The van der Waals surface area contributed by atoms with Crippen LogP contribution in [0, 0.1) is 20.8 Å². The molecule has 0 amide bonds. The van der Waals surface area contributed by atoms with Crippen LogP contribution in [0.15, 0.2) is 43.0 Å². The fraction of sp³-hybridized carbons (Fsp3) is 0.300. The number of rotatable bonds is 4. The molecular formula is C20H25N. The van der Waals surface area contributed by atoms with Crippen molar-refractivity contribution in [2.45, 2.75) is 34.2 Å². The lowest BCUT2D eigenvalue weighted by Crippen LogP contribution is -2.17. The second-order valence-electron chi connectivity index (χ2n) is 6.05. The summed E-state index contributed by atoms with van der Waals surface area (Å²) in [6.45, 7) is 13.6. The Morgan fingerprint density at radius 2 is 1.81 bits per heavy atom. The second-order valence-corrected chi connectivity index (χ2v) is 6.05. The molecule has 0 heterocycles. The van der Waals surface area contributed by atoms with Crippen LogP contribution in [0.4, 0.5) is 5.69 Å². The summed E-state index contributed by atoms with van der Waals surface area (Å²) in [7, 11) is 2.15. The van der Waals surface area contributed by atoms with Crippen LogP contribution in [0.1, 0.15) is 34.7 Å². The Morgan fingerprint density at radius 3 is 2.43 bits per heavy atom. The molecule has 0 saturated heterocycles. The monoisotopic (exact) mass is 279 g/mol. The number of aryl methyl sites for hydroxylation is 2. The second kappa shape index (κ2) is 6.17. The minimum Gasteiger partial charge on any atom is -0.370 e. The standard InChI is InChI=1S/C20H25N/c1-14(2)18-11-16(4)17(5)19(12-18)13-21(6)20-9-7-8-15(3)10-20/h7-12H,1,13H2,2-6H3. The van der Waals surface area contributed by atoms with Crippen LogP contribution in [0.5, 0.6) is 0 Å². The fourth-order valence-electron chi connectivity index (χ4n) is 2.56. The van der Waals surface area contributed by atoms with E-state index < -0.39 is 0 Å². The Hall–Kier alpha value is -2.02. The molecule has 0 aliphatic rings. The number of allylic oxidation sites excluding steroid dienone is 1. The van der Waals surface area contributed by atoms with Crippen molar-refractivity contribution >= 4 is 11.3 Å².